The van der Waals surface area contributed by atoms with E-state index in [1.165, 1.54) is 54.6 Å². The Kier molecular flexibility index (Phi) is 12.0. The summed E-state index contributed by atoms with van der Waals surface area (Å²) in [5, 5.41) is 66.8. The molecule has 14 nitrogen and oxygen atoms in total. The standard InChI is InChI=1S/C32H38N4O10/c33-31(46)32(13-4-16-34-28(43)19-7-1-10-22(37)25(19)40,14-5-17-35-29(44)20-8-2-11-23(38)26(20)41)15-6-18-36-30(45)21-9-3-12-24(39)27(21)42/h1-3,7-12,37-42H,4-6,13-18H2,(H2,33,46)(H,34,43)(H,35,44)(H,36,45). The predicted octanol–water partition coefficient (Wildman–Crippen LogP) is 2.32. The second-order valence-electron chi connectivity index (χ2n) is 10.7. The fourth-order valence-electron chi connectivity index (χ4n) is 5.06. The molecule has 46 heavy (non-hydrogen) atoms. The number of carbonyl (C=O) groups excluding carboxylic acids is 4. The Morgan fingerprint density at radius 3 is 1.07 bits per heavy atom. The molecule has 0 spiro atoms. The maximum atomic E-state index is 12.9. The number of phenols is 6. The van der Waals surface area contributed by atoms with Crippen molar-refractivity contribution in [3.63, 3.8) is 0 Å². The minimum Gasteiger partial charge on any atom is -0.504 e. The molecule has 11 N–H and O–H groups in total. The lowest BCUT2D eigenvalue weighted by Crippen LogP contribution is -2.40. The van der Waals surface area contributed by atoms with E-state index in [-0.39, 0.29) is 55.6 Å². The van der Waals surface area contributed by atoms with Crippen molar-refractivity contribution in [1.82, 2.24) is 16.0 Å². The minimum atomic E-state index is -1.12. The van der Waals surface area contributed by atoms with Crippen molar-refractivity contribution >= 4 is 23.6 Å². The van der Waals surface area contributed by atoms with Crippen molar-refractivity contribution in [2.24, 2.45) is 11.1 Å². The third-order valence-corrected chi connectivity index (χ3v) is 7.65. The fraction of sp³-hybridized carbons (Fsp3) is 0.312. The highest BCUT2D eigenvalue weighted by molar-refractivity contribution is 5.98. The first-order valence-electron chi connectivity index (χ1n) is 14.6. The minimum absolute atomic E-state index is 0.101. The molecule has 14 heteroatoms. The van der Waals surface area contributed by atoms with E-state index < -0.39 is 63.5 Å². The monoisotopic (exact) mass is 638 g/mol. The van der Waals surface area contributed by atoms with Gasteiger partial charge in [0.25, 0.3) is 17.7 Å². The lowest BCUT2D eigenvalue weighted by molar-refractivity contribution is -0.129. The van der Waals surface area contributed by atoms with E-state index in [0.717, 1.165) is 0 Å². The lowest BCUT2D eigenvalue weighted by atomic mass is 9.74. The SMILES string of the molecule is NC(=O)C(CCCNC(=O)c1cccc(O)c1O)(CCCNC(=O)c1cccc(O)c1O)CCCNC(=O)c1cccc(O)c1O. The number of para-hydroxylation sites is 3. The average Bonchev–Trinajstić information content (AvgIpc) is 3.02. The maximum Gasteiger partial charge on any atom is 0.255 e. The maximum absolute atomic E-state index is 12.9. The van der Waals surface area contributed by atoms with E-state index in [0.29, 0.717) is 19.3 Å². The second kappa shape index (κ2) is 15.9. The van der Waals surface area contributed by atoms with Crippen LogP contribution in [0.1, 0.15) is 69.6 Å². The van der Waals surface area contributed by atoms with E-state index >= 15 is 0 Å². The van der Waals surface area contributed by atoms with Gasteiger partial charge < -0.3 is 52.3 Å². The van der Waals surface area contributed by atoms with E-state index in [2.05, 4.69) is 16.0 Å². The normalized spacial score (nSPS) is 11.0. The summed E-state index contributed by atoms with van der Waals surface area (Å²) in [6.45, 7) is 0.304. The van der Waals surface area contributed by atoms with Crippen LogP contribution in [0.2, 0.25) is 0 Å². The van der Waals surface area contributed by atoms with Gasteiger partial charge in [0.15, 0.2) is 34.5 Å². The Labute approximate surface area is 264 Å². The average molecular weight is 639 g/mol. The number of aromatic hydroxyl groups is 6. The third kappa shape index (κ3) is 8.71. The Balaban J connectivity index is 1.63. The van der Waals surface area contributed by atoms with Crippen LogP contribution in [-0.2, 0) is 4.79 Å². The molecule has 0 saturated heterocycles. The van der Waals surface area contributed by atoms with Crippen LogP contribution in [0, 0.1) is 5.41 Å². The molecule has 4 amide bonds. The van der Waals surface area contributed by atoms with Crippen molar-refractivity contribution < 1.29 is 49.8 Å². The summed E-state index contributed by atoms with van der Waals surface area (Å²) in [4.78, 5) is 50.5. The zero-order valence-corrected chi connectivity index (χ0v) is 25.0. The molecule has 0 atom stereocenters. The zero-order valence-electron chi connectivity index (χ0n) is 25.0. The second-order valence-corrected chi connectivity index (χ2v) is 10.7. The van der Waals surface area contributed by atoms with Crippen LogP contribution in [0.15, 0.2) is 54.6 Å². The molecule has 0 radical (unpaired) electrons. The first kappa shape index (κ1) is 34.8. The Hall–Kier alpha value is -5.66. The fourth-order valence-corrected chi connectivity index (χ4v) is 5.06. The number of nitrogens with two attached hydrogens (primary N) is 1. The van der Waals surface area contributed by atoms with Crippen LogP contribution in [0.25, 0.3) is 0 Å². The topological polar surface area (TPSA) is 252 Å². The molecule has 3 aromatic rings. The number of phenolic OH excluding ortho intramolecular Hbond substituents is 6. The van der Waals surface area contributed by atoms with Crippen LogP contribution in [0.4, 0.5) is 0 Å². The van der Waals surface area contributed by atoms with E-state index in [4.69, 9.17) is 5.73 Å². The molecule has 246 valence electrons. The number of nitrogens with one attached hydrogen (secondary N) is 3. The van der Waals surface area contributed by atoms with Crippen LogP contribution < -0.4 is 21.7 Å². The van der Waals surface area contributed by atoms with Crippen molar-refractivity contribution in [2.75, 3.05) is 19.6 Å². The van der Waals surface area contributed by atoms with E-state index in [9.17, 15) is 49.8 Å². The largest absolute Gasteiger partial charge is 0.504 e. The van der Waals surface area contributed by atoms with Gasteiger partial charge in [-0.05, 0) is 74.9 Å². The highest BCUT2D eigenvalue weighted by Gasteiger charge is 2.35. The van der Waals surface area contributed by atoms with Gasteiger partial charge in [-0.1, -0.05) is 18.2 Å². The molecular weight excluding hydrogens is 600 g/mol. The van der Waals surface area contributed by atoms with Gasteiger partial charge in [-0.3, -0.25) is 19.2 Å². The molecule has 0 fully saturated rings. The molecular formula is C32H38N4O10. The number of benzene rings is 3. The van der Waals surface area contributed by atoms with Crippen LogP contribution in [0.5, 0.6) is 34.5 Å². The van der Waals surface area contributed by atoms with Gasteiger partial charge in [0, 0.05) is 25.0 Å². The summed E-state index contributed by atoms with van der Waals surface area (Å²) in [6, 6.07) is 11.9. The summed E-state index contributed by atoms with van der Waals surface area (Å²) >= 11 is 0. The van der Waals surface area contributed by atoms with E-state index in [1.54, 1.807) is 0 Å². The third-order valence-electron chi connectivity index (χ3n) is 7.65. The first-order chi connectivity index (χ1) is 21.9. The van der Waals surface area contributed by atoms with Crippen LogP contribution in [-0.4, -0.2) is 73.9 Å². The van der Waals surface area contributed by atoms with Gasteiger partial charge in [-0.25, -0.2) is 0 Å². The summed E-state index contributed by atoms with van der Waals surface area (Å²) < 4.78 is 0. The highest BCUT2D eigenvalue weighted by Crippen LogP contribution is 2.35. The number of carbonyl (C=O) groups is 4. The van der Waals surface area contributed by atoms with Crippen molar-refractivity contribution in [1.29, 1.82) is 0 Å². The number of hydrogen-bond donors (Lipinski definition) is 10. The van der Waals surface area contributed by atoms with E-state index in [1.807, 2.05) is 0 Å². The summed E-state index contributed by atoms with van der Waals surface area (Å²) in [7, 11) is 0. The number of hydrogen-bond acceptors (Lipinski definition) is 10. The Morgan fingerprint density at radius 2 is 0.804 bits per heavy atom. The highest BCUT2D eigenvalue weighted by atomic mass is 16.3. The molecule has 0 bridgehead atoms. The molecule has 0 aliphatic rings. The van der Waals surface area contributed by atoms with Gasteiger partial charge in [-0.15, -0.1) is 0 Å². The summed E-state index contributed by atoms with van der Waals surface area (Å²) in [5.41, 5.74) is 4.41. The molecule has 0 aromatic heterocycles. The number of primary amides is 1. The molecule has 3 rings (SSSR count). The summed E-state index contributed by atoms with van der Waals surface area (Å²) in [6.07, 6.45) is 1.54. The molecule has 0 aliphatic heterocycles. The smallest absolute Gasteiger partial charge is 0.255 e. The summed E-state index contributed by atoms with van der Waals surface area (Å²) in [5.74, 6) is -5.54. The number of rotatable bonds is 16. The van der Waals surface area contributed by atoms with Gasteiger partial charge in [0.1, 0.15) is 0 Å². The molecule has 0 aliphatic carbocycles. The molecule has 0 heterocycles. The van der Waals surface area contributed by atoms with Gasteiger partial charge in [0.05, 0.1) is 16.7 Å². The van der Waals surface area contributed by atoms with Crippen LogP contribution >= 0.6 is 0 Å². The van der Waals surface area contributed by atoms with Gasteiger partial charge in [0.2, 0.25) is 5.91 Å². The van der Waals surface area contributed by atoms with Crippen LogP contribution in [0.3, 0.4) is 0 Å². The molecule has 0 saturated carbocycles. The molecule has 3 aromatic carbocycles. The molecule has 0 unspecified atom stereocenters. The predicted molar refractivity (Wildman–Crippen MR) is 166 cm³/mol. The Bertz CT molecular complexity index is 1400. The van der Waals surface area contributed by atoms with Gasteiger partial charge >= 0.3 is 0 Å². The Morgan fingerprint density at radius 1 is 0.522 bits per heavy atom. The first-order valence-corrected chi connectivity index (χ1v) is 14.6. The van der Waals surface area contributed by atoms with Crippen molar-refractivity contribution in [2.45, 2.75) is 38.5 Å². The van der Waals surface area contributed by atoms with Crippen molar-refractivity contribution in [3.05, 3.63) is 71.3 Å². The number of amides is 4. The lowest BCUT2D eigenvalue weighted by Gasteiger charge is -2.31. The quantitative estimate of drug-likeness (QED) is 0.0809. The van der Waals surface area contributed by atoms with Crippen molar-refractivity contribution in [3.8, 4) is 34.5 Å². The van der Waals surface area contributed by atoms with Gasteiger partial charge in [-0.2, -0.15) is 0 Å². The zero-order chi connectivity index (χ0) is 33.9.